The van der Waals surface area contributed by atoms with Crippen LogP contribution in [-0.2, 0) is 24.2 Å². The lowest BCUT2D eigenvalue weighted by Crippen LogP contribution is -2.34. The Morgan fingerprint density at radius 3 is 2.67 bits per heavy atom. The lowest BCUT2D eigenvalue weighted by molar-refractivity contribution is -0.119. The van der Waals surface area contributed by atoms with E-state index in [1.165, 1.54) is 6.33 Å². The van der Waals surface area contributed by atoms with Crippen LogP contribution in [0, 0.1) is 5.92 Å². The number of rotatable bonds is 7. The van der Waals surface area contributed by atoms with Crippen molar-refractivity contribution in [1.82, 2.24) is 14.8 Å². The van der Waals surface area contributed by atoms with E-state index in [0.29, 0.717) is 18.2 Å². The van der Waals surface area contributed by atoms with Crippen LogP contribution in [0.2, 0.25) is 0 Å². The summed E-state index contributed by atoms with van der Waals surface area (Å²) in [4.78, 5) is 16.4. The van der Waals surface area contributed by atoms with Gasteiger partial charge in [-0.05, 0) is 17.9 Å². The van der Waals surface area contributed by atoms with Crippen LogP contribution in [0.25, 0.3) is 0 Å². The van der Waals surface area contributed by atoms with Crippen molar-refractivity contribution in [2.75, 3.05) is 0 Å². The monoisotopic (exact) mass is 286 g/mol. The van der Waals surface area contributed by atoms with Gasteiger partial charge in [-0.3, -0.25) is 4.79 Å². The van der Waals surface area contributed by atoms with E-state index in [2.05, 4.69) is 23.9 Å². The van der Waals surface area contributed by atoms with Crippen molar-refractivity contribution in [3.63, 3.8) is 0 Å². The van der Waals surface area contributed by atoms with E-state index in [9.17, 15) is 4.79 Å². The molecule has 2 N–H and O–H groups in total. The number of benzene rings is 1. The zero-order valence-corrected chi connectivity index (χ0v) is 12.6. The Morgan fingerprint density at radius 2 is 2.00 bits per heavy atom. The molecule has 0 bridgehead atoms. The molecule has 1 heterocycles. The summed E-state index contributed by atoms with van der Waals surface area (Å²) in [7, 11) is 0. The molecule has 1 aromatic heterocycles. The third kappa shape index (κ3) is 4.49. The topological polar surface area (TPSA) is 73.8 Å². The quantitative estimate of drug-likeness (QED) is 0.839. The van der Waals surface area contributed by atoms with Crippen LogP contribution in [0.5, 0.6) is 0 Å². The van der Waals surface area contributed by atoms with Gasteiger partial charge in [-0.25, -0.2) is 9.67 Å². The van der Waals surface area contributed by atoms with Crippen LogP contribution in [0.15, 0.2) is 36.7 Å². The van der Waals surface area contributed by atoms with Gasteiger partial charge in [0.1, 0.15) is 12.2 Å². The van der Waals surface area contributed by atoms with E-state index in [1.54, 1.807) is 4.68 Å². The summed E-state index contributed by atoms with van der Waals surface area (Å²) in [6, 6.07) is 9.31. The first kappa shape index (κ1) is 15.4. The van der Waals surface area contributed by atoms with Gasteiger partial charge in [0, 0.05) is 6.54 Å². The van der Waals surface area contributed by atoms with Gasteiger partial charge in [-0.1, -0.05) is 44.2 Å². The van der Waals surface area contributed by atoms with Gasteiger partial charge in [-0.15, -0.1) is 0 Å². The first-order chi connectivity index (χ1) is 10.1. The van der Waals surface area contributed by atoms with Crippen molar-refractivity contribution >= 4 is 5.78 Å². The first-order valence-corrected chi connectivity index (χ1v) is 7.25. The van der Waals surface area contributed by atoms with Gasteiger partial charge in [0.15, 0.2) is 5.78 Å². The highest BCUT2D eigenvalue weighted by Gasteiger charge is 2.18. The molecule has 0 fully saturated rings. The van der Waals surface area contributed by atoms with Crippen LogP contribution in [0.4, 0.5) is 0 Å². The van der Waals surface area contributed by atoms with Gasteiger partial charge in [-0.2, -0.15) is 5.10 Å². The highest BCUT2D eigenvalue weighted by Crippen LogP contribution is 2.06. The molecule has 0 aliphatic carbocycles. The summed E-state index contributed by atoms with van der Waals surface area (Å²) in [5.74, 6) is 1.15. The summed E-state index contributed by atoms with van der Waals surface area (Å²) in [5, 5.41) is 4.17. The second kappa shape index (κ2) is 7.13. The summed E-state index contributed by atoms with van der Waals surface area (Å²) in [6.45, 7) is 4.97. The normalized spacial score (nSPS) is 12.6. The van der Waals surface area contributed by atoms with E-state index in [4.69, 9.17) is 5.73 Å². The Kier molecular flexibility index (Phi) is 5.22. The molecule has 5 nitrogen and oxygen atoms in total. The number of carbonyl (C=O) groups is 1. The molecule has 0 aliphatic rings. The minimum atomic E-state index is -0.503. The average molecular weight is 286 g/mol. The molecule has 0 spiro atoms. The molecule has 21 heavy (non-hydrogen) atoms. The highest BCUT2D eigenvalue weighted by atomic mass is 16.1. The molecule has 1 atom stereocenters. The largest absolute Gasteiger partial charge is 0.321 e. The number of carbonyl (C=O) groups excluding carboxylic acids is 1. The second-order valence-corrected chi connectivity index (χ2v) is 5.69. The molecule has 1 unspecified atom stereocenters. The maximum Gasteiger partial charge on any atom is 0.157 e. The van der Waals surface area contributed by atoms with Crippen LogP contribution in [0.1, 0.15) is 25.2 Å². The summed E-state index contributed by atoms with van der Waals surface area (Å²) in [6.07, 6.45) is 2.28. The Labute approximate surface area is 125 Å². The minimum Gasteiger partial charge on any atom is -0.321 e. The van der Waals surface area contributed by atoms with Gasteiger partial charge in [0.2, 0.25) is 0 Å². The Morgan fingerprint density at radius 1 is 1.29 bits per heavy atom. The Balaban J connectivity index is 1.96. The molecular weight excluding hydrogens is 264 g/mol. The van der Waals surface area contributed by atoms with Crippen molar-refractivity contribution in [3.8, 4) is 0 Å². The fourth-order valence-corrected chi connectivity index (χ4v) is 2.19. The predicted octanol–water partition coefficient (Wildman–Crippen LogP) is 1.62. The van der Waals surface area contributed by atoms with Crippen LogP contribution < -0.4 is 5.73 Å². The van der Waals surface area contributed by atoms with Crippen LogP contribution in [-0.4, -0.2) is 26.6 Å². The maximum absolute atomic E-state index is 12.2. The first-order valence-electron chi connectivity index (χ1n) is 7.25. The molecule has 1 aromatic carbocycles. The lowest BCUT2D eigenvalue weighted by Gasteiger charge is -2.12. The van der Waals surface area contributed by atoms with Crippen molar-refractivity contribution in [3.05, 3.63) is 48.0 Å². The van der Waals surface area contributed by atoms with E-state index >= 15 is 0 Å². The molecule has 0 aliphatic heterocycles. The van der Waals surface area contributed by atoms with E-state index < -0.39 is 6.04 Å². The number of nitrogens with zero attached hydrogens (tertiary/aromatic N) is 3. The van der Waals surface area contributed by atoms with Crippen LogP contribution >= 0.6 is 0 Å². The third-order valence-electron chi connectivity index (χ3n) is 3.28. The van der Waals surface area contributed by atoms with Crippen molar-refractivity contribution in [1.29, 1.82) is 0 Å². The van der Waals surface area contributed by atoms with Crippen molar-refractivity contribution in [2.24, 2.45) is 11.7 Å². The van der Waals surface area contributed by atoms with Gasteiger partial charge < -0.3 is 5.73 Å². The maximum atomic E-state index is 12.2. The molecule has 0 radical (unpaired) electrons. The Hall–Kier alpha value is -2.01. The standard InChI is InChI=1S/C16H22N4O/c1-12(2)10-20-16(18-11-19-20)9-15(21)14(17)8-13-6-4-3-5-7-13/h3-7,11-12,14H,8-10,17H2,1-2H3. The minimum absolute atomic E-state index is 0.00291. The van der Waals surface area contributed by atoms with Crippen molar-refractivity contribution < 1.29 is 4.79 Å². The fraction of sp³-hybridized carbons (Fsp3) is 0.438. The number of nitrogens with two attached hydrogens (primary N) is 1. The number of aromatic nitrogens is 3. The predicted molar refractivity (Wildman–Crippen MR) is 81.7 cm³/mol. The number of ketones is 1. The van der Waals surface area contributed by atoms with Gasteiger partial charge in [0.25, 0.3) is 0 Å². The summed E-state index contributed by atoms with van der Waals surface area (Å²) >= 11 is 0. The third-order valence-corrected chi connectivity index (χ3v) is 3.28. The molecule has 0 saturated carbocycles. The van der Waals surface area contributed by atoms with Gasteiger partial charge >= 0.3 is 0 Å². The highest BCUT2D eigenvalue weighted by molar-refractivity contribution is 5.85. The molecule has 2 aromatic rings. The van der Waals surface area contributed by atoms with E-state index in [0.717, 1.165) is 12.1 Å². The van der Waals surface area contributed by atoms with E-state index in [1.807, 2.05) is 30.3 Å². The molecule has 2 rings (SSSR count). The summed E-state index contributed by atoms with van der Waals surface area (Å²) in [5.41, 5.74) is 7.08. The summed E-state index contributed by atoms with van der Waals surface area (Å²) < 4.78 is 1.79. The molecule has 5 heteroatoms. The second-order valence-electron chi connectivity index (χ2n) is 5.69. The average Bonchev–Trinajstić information content (AvgIpc) is 2.86. The van der Waals surface area contributed by atoms with E-state index in [-0.39, 0.29) is 12.2 Å². The number of Topliss-reactive ketones (excluding diaryl/α,β-unsaturated/α-hetero) is 1. The van der Waals surface area contributed by atoms with Gasteiger partial charge in [0.05, 0.1) is 12.5 Å². The smallest absolute Gasteiger partial charge is 0.157 e. The fourth-order valence-electron chi connectivity index (χ4n) is 2.19. The molecule has 0 amide bonds. The van der Waals surface area contributed by atoms with Crippen LogP contribution in [0.3, 0.4) is 0 Å². The lowest BCUT2D eigenvalue weighted by atomic mass is 10.0. The number of hydrogen-bond donors (Lipinski definition) is 1. The zero-order chi connectivity index (χ0) is 15.2. The zero-order valence-electron chi connectivity index (χ0n) is 12.6. The molecular formula is C16H22N4O. The molecule has 0 saturated heterocycles. The molecule has 112 valence electrons. The number of hydrogen-bond acceptors (Lipinski definition) is 4. The SMILES string of the molecule is CC(C)Cn1ncnc1CC(=O)C(N)Cc1ccccc1. The Bertz CT molecular complexity index is 577. The van der Waals surface area contributed by atoms with Crippen molar-refractivity contribution in [2.45, 2.75) is 39.3 Å².